The summed E-state index contributed by atoms with van der Waals surface area (Å²) in [5.74, 6) is 2.24. The quantitative estimate of drug-likeness (QED) is 0.889. The summed E-state index contributed by atoms with van der Waals surface area (Å²) in [5, 5.41) is 4.31. The molecule has 1 aromatic heterocycles. The zero-order chi connectivity index (χ0) is 13.0. The maximum Gasteiger partial charge on any atom is 0.105 e. The highest BCUT2D eigenvalue weighted by molar-refractivity contribution is 7.99. The molecule has 0 spiro atoms. The van der Waals surface area contributed by atoms with Crippen LogP contribution in [0.4, 0.5) is 0 Å². The first-order valence-corrected chi connectivity index (χ1v) is 8.04. The van der Waals surface area contributed by atoms with Gasteiger partial charge in [0.1, 0.15) is 5.82 Å². The number of hydrogen-bond donors (Lipinski definition) is 1. The Morgan fingerprint density at radius 2 is 2.17 bits per heavy atom. The normalized spacial score (nSPS) is 19.1. The van der Waals surface area contributed by atoms with Gasteiger partial charge in [-0.25, -0.2) is 4.98 Å². The van der Waals surface area contributed by atoms with E-state index in [-0.39, 0.29) is 0 Å². The van der Waals surface area contributed by atoms with Crippen molar-refractivity contribution in [1.82, 2.24) is 14.9 Å². The number of imidazole rings is 1. The van der Waals surface area contributed by atoms with Gasteiger partial charge in [0.05, 0.1) is 17.9 Å². The van der Waals surface area contributed by atoms with E-state index < -0.39 is 0 Å². The van der Waals surface area contributed by atoms with E-state index in [1.807, 2.05) is 6.20 Å². The number of nitrogens with one attached hydrogen (secondary N) is 1. The van der Waals surface area contributed by atoms with Gasteiger partial charge >= 0.3 is 0 Å². The first-order valence-electron chi connectivity index (χ1n) is 6.99. The van der Waals surface area contributed by atoms with E-state index in [4.69, 9.17) is 0 Å². The molecule has 1 aliphatic rings. The van der Waals surface area contributed by atoms with Crippen molar-refractivity contribution < 1.29 is 0 Å². The van der Waals surface area contributed by atoms with Crippen LogP contribution < -0.4 is 5.32 Å². The molecule has 0 bridgehead atoms. The van der Waals surface area contributed by atoms with Crippen molar-refractivity contribution in [2.45, 2.75) is 50.3 Å². The minimum absolute atomic E-state index is 0.420. The van der Waals surface area contributed by atoms with Crippen molar-refractivity contribution in [3.8, 4) is 0 Å². The van der Waals surface area contributed by atoms with Crippen LogP contribution in [0.1, 0.15) is 49.7 Å². The third-order valence-electron chi connectivity index (χ3n) is 4.01. The molecular formula is C14H25N3S. The summed E-state index contributed by atoms with van der Waals surface area (Å²) < 4.78 is 2.20. The fourth-order valence-electron chi connectivity index (χ4n) is 2.62. The molecule has 1 N–H and O–H groups in total. The van der Waals surface area contributed by atoms with Crippen molar-refractivity contribution in [2.75, 3.05) is 12.8 Å². The van der Waals surface area contributed by atoms with Gasteiger partial charge in [0.2, 0.25) is 0 Å². The molecule has 1 atom stereocenters. The lowest BCUT2D eigenvalue weighted by Gasteiger charge is -2.24. The monoisotopic (exact) mass is 267 g/mol. The molecule has 18 heavy (non-hydrogen) atoms. The largest absolute Gasteiger partial charge is 0.334 e. The Bertz CT molecular complexity index is 369. The van der Waals surface area contributed by atoms with Crippen LogP contribution in [0.5, 0.6) is 0 Å². The van der Waals surface area contributed by atoms with Crippen LogP contribution in [0.15, 0.2) is 6.20 Å². The van der Waals surface area contributed by atoms with Gasteiger partial charge in [0.25, 0.3) is 0 Å². The number of aromatic nitrogens is 2. The van der Waals surface area contributed by atoms with Gasteiger partial charge in [-0.05, 0) is 26.8 Å². The molecule has 1 saturated carbocycles. The van der Waals surface area contributed by atoms with E-state index in [0.29, 0.717) is 6.04 Å². The molecule has 102 valence electrons. The number of rotatable bonds is 5. The fraction of sp³-hybridized carbons (Fsp3) is 0.786. The number of thioether (sulfide) groups is 1. The summed E-state index contributed by atoms with van der Waals surface area (Å²) in [6, 6.07) is 0.420. The number of nitrogens with zero attached hydrogens (tertiary/aromatic N) is 2. The highest BCUT2D eigenvalue weighted by atomic mass is 32.2. The smallest absolute Gasteiger partial charge is 0.105 e. The zero-order valence-electron chi connectivity index (χ0n) is 11.8. The molecule has 1 heterocycles. The van der Waals surface area contributed by atoms with Crippen LogP contribution in [0.25, 0.3) is 0 Å². The maximum atomic E-state index is 4.39. The van der Waals surface area contributed by atoms with Crippen LogP contribution in [0.3, 0.4) is 0 Å². The minimum atomic E-state index is 0.420. The molecule has 1 unspecified atom stereocenters. The Morgan fingerprint density at radius 3 is 2.72 bits per heavy atom. The summed E-state index contributed by atoms with van der Waals surface area (Å²) in [6.45, 7) is 2.06. The van der Waals surface area contributed by atoms with Gasteiger partial charge in [0.15, 0.2) is 0 Å². The van der Waals surface area contributed by atoms with Crippen LogP contribution in [0, 0.1) is 6.92 Å². The lowest BCUT2D eigenvalue weighted by Crippen LogP contribution is -2.23. The van der Waals surface area contributed by atoms with Gasteiger partial charge in [-0.15, -0.1) is 0 Å². The van der Waals surface area contributed by atoms with E-state index in [1.165, 1.54) is 37.8 Å². The summed E-state index contributed by atoms with van der Waals surface area (Å²) in [5.41, 5.74) is 1.30. The van der Waals surface area contributed by atoms with Crippen molar-refractivity contribution >= 4 is 11.8 Å². The van der Waals surface area contributed by atoms with Crippen LogP contribution >= 0.6 is 11.8 Å². The third kappa shape index (κ3) is 3.29. The van der Waals surface area contributed by atoms with E-state index >= 15 is 0 Å². The van der Waals surface area contributed by atoms with Gasteiger partial charge in [-0.1, -0.05) is 19.3 Å². The van der Waals surface area contributed by atoms with Crippen molar-refractivity contribution in [2.24, 2.45) is 7.05 Å². The maximum absolute atomic E-state index is 4.39. The minimum Gasteiger partial charge on any atom is -0.334 e. The average molecular weight is 267 g/mol. The van der Waals surface area contributed by atoms with Crippen molar-refractivity contribution in [1.29, 1.82) is 0 Å². The molecule has 3 nitrogen and oxygen atoms in total. The Kier molecular flexibility index (Phi) is 5.13. The van der Waals surface area contributed by atoms with Crippen LogP contribution in [0.2, 0.25) is 0 Å². The molecule has 0 radical (unpaired) electrons. The molecule has 4 heteroatoms. The summed E-state index contributed by atoms with van der Waals surface area (Å²) >= 11 is 2.14. The highest BCUT2D eigenvalue weighted by Crippen LogP contribution is 2.30. The Labute approximate surface area is 115 Å². The van der Waals surface area contributed by atoms with Gasteiger partial charge in [0, 0.05) is 18.1 Å². The number of aryl methyl sites for hydroxylation is 1. The number of hydrogen-bond acceptors (Lipinski definition) is 3. The summed E-state index contributed by atoms with van der Waals surface area (Å²) in [7, 11) is 4.15. The van der Waals surface area contributed by atoms with Gasteiger partial charge < -0.3 is 9.88 Å². The molecule has 0 saturated heterocycles. The van der Waals surface area contributed by atoms with Crippen molar-refractivity contribution in [3.63, 3.8) is 0 Å². The lowest BCUT2D eigenvalue weighted by molar-refractivity contribution is 0.514. The van der Waals surface area contributed by atoms with E-state index in [9.17, 15) is 0 Å². The molecule has 1 aliphatic carbocycles. The molecule has 1 fully saturated rings. The molecular weight excluding hydrogens is 242 g/mol. The molecule has 2 rings (SSSR count). The first kappa shape index (κ1) is 13.9. The molecule has 0 aromatic carbocycles. The molecule has 0 amide bonds. The predicted octanol–water partition coefficient (Wildman–Crippen LogP) is 3.05. The highest BCUT2D eigenvalue weighted by Gasteiger charge is 2.19. The average Bonchev–Trinajstić information content (AvgIpc) is 2.73. The topological polar surface area (TPSA) is 29.9 Å². The standard InChI is InChI=1S/C14H25N3S/c1-11-16-9-14(17(11)3)13(15-2)10-18-12-7-5-4-6-8-12/h9,12-13,15H,4-8,10H2,1-3H3. The first-order chi connectivity index (χ1) is 8.72. The second-order valence-corrected chi connectivity index (χ2v) is 6.56. The molecule has 0 aliphatic heterocycles. The van der Waals surface area contributed by atoms with Crippen LogP contribution in [-0.2, 0) is 7.05 Å². The summed E-state index contributed by atoms with van der Waals surface area (Å²) in [6.07, 6.45) is 9.11. The van der Waals surface area contributed by atoms with E-state index in [0.717, 1.165) is 16.8 Å². The van der Waals surface area contributed by atoms with Crippen molar-refractivity contribution in [3.05, 3.63) is 17.7 Å². The molecule has 1 aromatic rings. The lowest BCUT2D eigenvalue weighted by atomic mass is 10.0. The Balaban J connectivity index is 1.90. The Morgan fingerprint density at radius 1 is 1.44 bits per heavy atom. The van der Waals surface area contributed by atoms with Crippen LogP contribution in [-0.4, -0.2) is 27.6 Å². The predicted molar refractivity (Wildman–Crippen MR) is 79.1 cm³/mol. The summed E-state index contributed by atoms with van der Waals surface area (Å²) in [4.78, 5) is 4.39. The van der Waals surface area contributed by atoms with E-state index in [2.05, 4.69) is 47.6 Å². The fourth-order valence-corrected chi connectivity index (χ4v) is 4.09. The van der Waals surface area contributed by atoms with Gasteiger partial charge in [-0.3, -0.25) is 0 Å². The SMILES string of the molecule is CNC(CSC1CCCCC1)c1cnc(C)n1C. The zero-order valence-corrected chi connectivity index (χ0v) is 12.6. The second kappa shape index (κ2) is 6.62. The van der Waals surface area contributed by atoms with E-state index in [1.54, 1.807) is 0 Å². The Hall–Kier alpha value is -0.480. The third-order valence-corrected chi connectivity index (χ3v) is 5.48. The van der Waals surface area contributed by atoms with Gasteiger partial charge in [-0.2, -0.15) is 11.8 Å². The second-order valence-electron chi connectivity index (χ2n) is 5.22.